The second kappa shape index (κ2) is 4.58. The summed E-state index contributed by atoms with van der Waals surface area (Å²) in [5.74, 6) is 1.11. The van der Waals surface area contributed by atoms with Gasteiger partial charge in [-0.3, -0.25) is 0 Å². The molecule has 0 aromatic heterocycles. The van der Waals surface area contributed by atoms with Crippen molar-refractivity contribution in [2.75, 3.05) is 19.6 Å². The fraction of sp³-hybridized carbons (Fsp3) is 1.00. The van der Waals surface area contributed by atoms with Crippen LogP contribution in [0.5, 0.6) is 0 Å². The second-order valence-corrected chi connectivity index (χ2v) is 3.07. The summed E-state index contributed by atoms with van der Waals surface area (Å²) >= 11 is 0. The monoisotopic (exact) mass is 227 g/mol. The Morgan fingerprint density at radius 1 is 0.900 bits per heavy atom. The molecule has 1 nitrogen and oxygen atoms in total. The van der Waals surface area contributed by atoms with Crippen molar-refractivity contribution in [3.05, 3.63) is 0 Å². The molecule has 3 aliphatic rings. The lowest BCUT2D eigenvalue weighted by Crippen LogP contribution is -2.41. The molecule has 3 heteroatoms. The summed E-state index contributed by atoms with van der Waals surface area (Å²) in [5.41, 5.74) is 0. The van der Waals surface area contributed by atoms with Crippen molar-refractivity contribution >= 4 is 29.4 Å². The number of nitrogens with zero attached hydrogens (tertiary/aromatic N) is 1. The molecule has 3 rings (SSSR count). The highest BCUT2D eigenvalue weighted by Gasteiger charge is 2.24. The predicted octanol–water partition coefficient (Wildman–Crippen LogP) is 2.10. The van der Waals surface area contributed by atoms with E-state index in [9.17, 15) is 0 Å². The predicted molar refractivity (Wildman–Crippen MR) is 51.4 cm³/mol. The van der Waals surface area contributed by atoms with E-state index in [0.717, 1.165) is 5.92 Å². The second-order valence-electron chi connectivity index (χ2n) is 3.07. The Hall–Kier alpha value is 0.730. The summed E-state index contributed by atoms with van der Waals surface area (Å²) in [6.45, 7) is 4.18. The zero-order valence-corrected chi connectivity index (χ0v) is 8.61. The third-order valence-electron chi connectivity index (χ3n) is 2.56. The van der Waals surface area contributed by atoms with E-state index in [-0.39, 0.29) is 29.4 Å². The van der Waals surface area contributed by atoms with Gasteiger partial charge in [0.25, 0.3) is 0 Å². The van der Waals surface area contributed by atoms with E-state index in [0.29, 0.717) is 0 Å². The maximum atomic E-state index is 2.58. The first-order valence-corrected chi connectivity index (χ1v) is 3.67. The summed E-state index contributed by atoms with van der Waals surface area (Å²) in [6.07, 6.45) is 4.46. The molecule has 3 fully saturated rings. The molecule has 0 N–H and O–H groups in total. The fourth-order valence-corrected chi connectivity index (χ4v) is 1.86. The Balaban J connectivity index is 0.000000405. The van der Waals surface area contributed by atoms with E-state index in [4.69, 9.17) is 0 Å². The van der Waals surface area contributed by atoms with Crippen LogP contribution in [0.3, 0.4) is 0 Å². The summed E-state index contributed by atoms with van der Waals surface area (Å²) in [7, 11) is 0. The van der Waals surface area contributed by atoms with Crippen molar-refractivity contribution in [2.24, 2.45) is 5.92 Å². The summed E-state index contributed by atoms with van der Waals surface area (Å²) in [6, 6.07) is 0. The number of halogens is 2. The molecule has 3 saturated heterocycles. The van der Waals surface area contributed by atoms with Crippen LogP contribution >= 0.6 is 29.4 Å². The van der Waals surface area contributed by atoms with Gasteiger partial charge in [0.1, 0.15) is 0 Å². The van der Waals surface area contributed by atoms with Gasteiger partial charge >= 0.3 is 0 Å². The average Bonchev–Trinajstić information content (AvgIpc) is 1.92. The first-order chi connectivity index (χ1) is 3.95. The third-order valence-corrected chi connectivity index (χ3v) is 2.56. The first kappa shape index (κ1) is 10.7. The van der Waals surface area contributed by atoms with Crippen LogP contribution < -0.4 is 0 Å². The van der Waals surface area contributed by atoms with Crippen molar-refractivity contribution < 1.29 is 0 Å². The molecule has 3 heterocycles. The average molecular weight is 229 g/mol. The maximum Gasteiger partial charge on any atom is -0.00161 e. The molecule has 3 aliphatic heterocycles. The molecule has 10 heavy (non-hydrogen) atoms. The van der Waals surface area contributed by atoms with Gasteiger partial charge in [-0.05, 0) is 44.8 Å². The lowest BCUT2D eigenvalue weighted by atomic mass is 9.89. The number of rotatable bonds is 0. The highest BCUT2D eigenvalue weighted by atomic mass is 79.9. The van der Waals surface area contributed by atoms with Crippen molar-refractivity contribution in [1.82, 2.24) is 4.90 Å². The molecule has 0 aromatic rings. The lowest BCUT2D eigenvalue weighted by molar-refractivity contribution is 0.111. The van der Waals surface area contributed by atoms with E-state index in [1.54, 1.807) is 0 Å². The van der Waals surface area contributed by atoms with Gasteiger partial charge in [0.05, 0.1) is 0 Å². The first-order valence-electron chi connectivity index (χ1n) is 3.67. The Bertz CT molecular complexity index is 68.6. The minimum Gasteiger partial charge on any atom is -0.303 e. The Labute approximate surface area is 79.3 Å². The van der Waals surface area contributed by atoms with E-state index in [1.165, 1.54) is 38.9 Å². The Kier molecular flexibility index (Phi) is 4.91. The van der Waals surface area contributed by atoms with E-state index < -0.39 is 0 Å². The molecule has 0 atom stereocenters. The minimum absolute atomic E-state index is 0. The Morgan fingerprint density at radius 2 is 1.30 bits per heavy atom. The van der Waals surface area contributed by atoms with Gasteiger partial charge < -0.3 is 4.90 Å². The molecular weight excluding hydrogens is 213 g/mol. The van der Waals surface area contributed by atoms with Gasteiger partial charge in [0.2, 0.25) is 0 Å². The number of hydrogen-bond acceptors (Lipinski definition) is 1. The molecule has 0 radical (unpaired) electrons. The van der Waals surface area contributed by atoms with E-state index in [1.807, 2.05) is 0 Å². The normalized spacial score (nSPS) is 36.0. The van der Waals surface area contributed by atoms with Crippen molar-refractivity contribution in [1.29, 1.82) is 0 Å². The summed E-state index contributed by atoms with van der Waals surface area (Å²) in [4.78, 5) is 2.58. The molecule has 0 aromatic carbocycles. The van der Waals surface area contributed by atoms with Crippen molar-refractivity contribution in [3.8, 4) is 0 Å². The molecular formula is C7H15BrClN. The van der Waals surface area contributed by atoms with Gasteiger partial charge in [-0.25, -0.2) is 0 Å². The highest BCUT2D eigenvalue weighted by molar-refractivity contribution is 8.93. The summed E-state index contributed by atoms with van der Waals surface area (Å²) < 4.78 is 0. The zero-order chi connectivity index (χ0) is 5.40. The maximum absolute atomic E-state index is 2.58. The highest BCUT2D eigenvalue weighted by Crippen LogP contribution is 2.26. The van der Waals surface area contributed by atoms with E-state index >= 15 is 0 Å². The fourth-order valence-electron chi connectivity index (χ4n) is 1.86. The number of piperidine rings is 3. The van der Waals surface area contributed by atoms with Crippen LogP contribution in [0.1, 0.15) is 19.3 Å². The molecule has 62 valence electrons. The molecule has 0 amide bonds. The Morgan fingerprint density at radius 3 is 1.40 bits per heavy atom. The SMILES string of the molecule is Br.C1CN2CCC1CC2.Cl. The standard InChI is InChI=1S/C7H13N.BrH.ClH/c1-4-8-5-2-7(1)3-6-8;;/h7H,1-6H2;2*1H. The van der Waals surface area contributed by atoms with E-state index in [2.05, 4.69) is 4.90 Å². The molecule has 2 bridgehead atoms. The molecule has 0 saturated carbocycles. The molecule has 0 aliphatic carbocycles. The third kappa shape index (κ3) is 2.11. The van der Waals surface area contributed by atoms with Crippen LogP contribution in [0.2, 0.25) is 0 Å². The van der Waals surface area contributed by atoms with Crippen molar-refractivity contribution in [3.63, 3.8) is 0 Å². The topological polar surface area (TPSA) is 3.24 Å². The van der Waals surface area contributed by atoms with Crippen LogP contribution in [0, 0.1) is 5.92 Å². The van der Waals surface area contributed by atoms with Gasteiger partial charge in [-0.15, -0.1) is 29.4 Å². The minimum atomic E-state index is 0. The lowest BCUT2D eigenvalue weighted by Gasteiger charge is -2.38. The number of fused-ring (bicyclic) bond motifs is 3. The van der Waals surface area contributed by atoms with Crippen LogP contribution in [0.15, 0.2) is 0 Å². The quantitative estimate of drug-likeness (QED) is 0.614. The largest absolute Gasteiger partial charge is 0.303 e. The van der Waals surface area contributed by atoms with Crippen LogP contribution in [0.25, 0.3) is 0 Å². The zero-order valence-electron chi connectivity index (χ0n) is 6.08. The molecule has 0 unspecified atom stereocenters. The van der Waals surface area contributed by atoms with Crippen molar-refractivity contribution in [2.45, 2.75) is 19.3 Å². The van der Waals surface area contributed by atoms with Gasteiger partial charge in [-0.1, -0.05) is 0 Å². The van der Waals surface area contributed by atoms with Crippen LogP contribution in [0.4, 0.5) is 0 Å². The molecule has 0 spiro atoms. The van der Waals surface area contributed by atoms with Crippen LogP contribution in [-0.4, -0.2) is 24.5 Å². The summed E-state index contributed by atoms with van der Waals surface area (Å²) in [5, 5.41) is 0. The smallest absolute Gasteiger partial charge is 0.00161 e. The van der Waals surface area contributed by atoms with Gasteiger partial charge in [0.15, 0.2) is 0 Å². The number of hydrogen-bond donors (Lipinski definition) is 0. The van der Waals surface area contributed by atoms with Crippen LogP contribution in [-0.2, 0) is 0 Å². The van der Waals surface area contributed by atoms with Gasteiger partial charge in [0, 0.05) is 0 Å². The van der Waals surface area contributed by atoms with Gasteiger partial charge in [-0.2, -0.15) is 0 Å².